The van der Waals surface area contributed by atoms with E-state index in [1.807, 2.05) is 31.2 Å². The molecule has 1 heterocycles. The molecule has 1 amide bonds. The number of carbonyl (C=O) groups excluding carboxylic acids is 1. The van der Waals surface area contributed by atoms with Crippen molar-refractivity contribution in [2.24, 2.45) is 11.7 Å². The minimum absolute atomic E-state index is 0. The molecule has 1 aliphatic heterocycles. The zero-order valence-electron chi connectivity index (χ0n) is 10.4. The van der Waals surface area contributed by atoms with Gasteiger partial charge < -0.3 is 15.8 Å². The van der Waals surface area contributed by atoms with Crippen molar-refractivity contribution in [1.29, 1.82) is 0 Å². The van der Waals surface area contributed by atoms with Gasteiger partial charge in [-0.1, -0.05) is 25.1 Å². The largest absolute Gasteiger partial charge is 0.493 e. The van der Waals surface area contributed by atoms with E-state index in [4.69, 9.17) is 10.5 Å². The lowest BCUT2D eigenvalue weighted by atomic mass is 9.99. The minimum Gasteiger partial charge on any atom is -0.493 e. The molecule has 1 aliphatic rings. The van der Waals surface area contributed by atoms with Crippen LogP contribution in [0.3, 0.4) is 0 Å². The van der Waals surface area contributed by atoms with Crippen LogP contribution in [0.25, 0.3) is 0 Å². The van der Waals surface area contributed by atoms with Crippen LogP contribution >= 0.6 is 12.4 Å². The Bertz CT molecular complexity index is 412. The molecule has 2 unspecified atom stereocenters. The number of rotatable bonds is 3. The van der Waals surface area contributed by atoms with Crippen molar-refractivity contribution in [2.45, 2.75) is 19.4 Å². The number of halogens is 1. The number of benzene rings is 1. The molecule has 18 heavy (non-hydrogen) atoms. The number of amides is 1. The summed E-state index contributed by atoms with van der Waals surface area (Å²) in [6.45, 7) is 2.84. The van der Waals surface area contributed by atoms with Crippen LogP contribution in [0.1, 0.15) is 24.9 Å². The van der Waals surface area contributed by atoms with E-state index in [1.165, 1.54) is 0 Å². The average molecular weight is 271 g/mol. The van der Waals surface area contributed by atoms with Crippen molar-refractivity contribution < 1.29 is 9.53 Å². The maximum Gasteiger partial charge on any atom is 0.224 e. The first-order valence-corrected chi connectivity index (χ1v) is 5.94. The molecule has 3 N–H and O–H groups in total. The summed E-state index contributed by atoms with van der Waals surface area (Å²) in [6, 6.07) is 7.86. The molecule has 0 fully saturated rings. The SMILES string of the molecule is CC(CN)C(=O)NC1CCOc2ccccc21.Cl. The molecule has 0 saturated carbocycles. The average Bonchev–Trinajstić information content (AvgIpc) is 2.38. The van der Waals surface area contributed by atoms with Crippen LogP contribution in [-0.2, 0) is 4.79 Å². The zero-order chi connectivity index (χ0) is 12.3. The Hall–Kier alpha value is -1.26. The van der Waals surface area contributed by atoms with E-state index in [0.29, 0.717) is 13.2 Å². The van der Waals surface area contributed by atoms with Gasteiger partial charge in [-0.15, -0.1) is 12.4 Å². The van der Waals surface area contributed by atoms with Crippen LogP contribution in [0.15, 0.2) is 24.3 Å². The van der Waals surface area contributed by atoms with Crippen molar-refractivity contribution in [3.63, 3.8) is 0 Å². The number of hydrogen-bond acceptors (Lipinski definition) is 3. The van der Waals surface area contributed by atoms with Gasteiger partial charge in [0.1, 0.15) is 5.75 Å². The first kappa shape index (κ1) is 14.8. The lowest BCUT2D eigenvalue weighted by molar-refractivity contribution is -0.125. The molecule has 1 aromatic rings. The molecule has 2 atom stereocenters. The van der Waals surface area contributed by atoms with Gasteiger partial charge in [-0.3, -0.25) is 4.79 Å². The number of ether oxygens (including phenoxy) is 1. The highest BCUT2D eigenvalue weighted by Crippen LogP contribution is 2.31. The van der Waals surface area contributed by atoms with E-state index in [9.17, 15) is 4.79 Å². The molecular weight excluding hydrogens is 252 g/mol. The van der Waals surface area contributed by atoms with E-state index < -0.39 is 0 Å². The summed E-state index contributed by atoms with van der Waals surface area (Å²) in [5.41, 5.74) is 6.54. The van der Waals surface area contributed by atoms with Crippen molar-refractivity contribution >= 4 is 18.3 Å². The fourth-order valence-electron chi connectivity index (χ4n) is 1.91. The van der Waals surface area contributed by atoms with E-state index in [-0.39, 0.29) is 30.3 Å². The molecule has 0 aliphatic carbocycles. The van der Waals surface area contributed by atoms with Crippen LogP contribution in [0.4, 0.5) is 0 Å². The predicted octanol–water partition coefficient (Wildman–Crippen LogP) is 1.64. The van der Waals surface area contributed by atoms with Gasteiger partial charge in [0.25, 0.3) is 0 Å². The lowest BCUT2D eigenvalue weighted by Gasteiger charge is -2.27. The fraction of sp³-hybridized carbons (Fsp3) is 0.462. The Morgan fingerprint density at radius 3 is 3.00 bits per heavy atom. The molecule has 1 aromatic carbocycles. The molecule has 0 saturated heterocycles. The number of hydrogen-bond donors (Lipinski definition) is 2. The van der Waals surface area contributed by atoms with Gasteiger partial charge in [0.2, 0.25) is 5.91 Å². The van der Waals surface area contributed by atoms with Crippen LogP contribution < -0.4 is 15.8 Å². The minimum atomic E-state index is -0.148. The van der Waals surface area contributed by atoms with Gasteiger partial charge in [0, 0.05) is 24.4 Å². The number of carbonyl (C=O) groups is 1. The highest BCUT2D eigenvalue weighted by Gasteiger charge is 2.23. The normalized spacial score (nSPS) is 18.9. The van der Waals surface area contributed by atoms with Gasteiger partial charge in [-0.05, 0) is 6.07 Å². The quantitative estimate of drug-likeness (QED) is 0.878. The molecule has 0 spiro atoms. The van der Waals surface area contributed by atoms with Gasteiger partial charge in [-0.25, -0.2) is 0 Å². The molecule has 0 radical (unpaired) electrons. The maximum absolute atomic E-state index is 11.8. The van der Waals surface area contributed by atoms with E-state index in [0.717, 1.165) is 17.7 Å². The molecule has 0 bridgehead atoms. The maximum atomic E-state index is 11.8. The summed E-state index contributed by atoms with van der Waals surface area (Å²) in [5, 5.41) is 3.03. The van der Waals surface area contributed by atoms with Crippen molar-refractivity contribution in [1.82, 2.24) is 5.32 Å². The van der Waals surface area contributed by atoms with E-state index in [2.05, 4.69) is 5.32 Å². The van der Waals surface area contributed by atoms with Crippen LogP contribution in [-0.4, -0.2) is 19.1 Å². The van der Waals surface area contributed by atoms with E-state index >= 15 is 0 Å². The number of nitrogens with one attached hydrogen (secondary N) is 1. The van der Waals surface area contributed by atoms with Gasteiger partial charge in [0.05, 0.1) is 12.6 Å². The summed E-state index contributed by atoms with van der Waals surface area (Å²) in [6.07, 6.45) is 0.806. The molecule has 0 aromatic heterocycles. The van der Waals surface area contributed by atoms with Crippen molar-refractivity contribution in [2.75, 3.05) is 13.2 Å². The Labute approximate surface area is 113 Å². The smallest absolute Gasteiger partial charge is 0.224 e. The standard InChI is InChI=1S/C13H18N2O2.ClH/c1-9(8-14)13(16)15-11-6-7-17-12-5-3-2-4-10(11)12;/h2-5,9,11H,6-8,14H2,1H3,(H,15,16);1H. The number of fused-ring (bicyclic) bond motifs is 1. The second-order valence-electron chi connectivity index (χ2n) is 4.37. The highest BCUT2D eigenvalue weighted by molar-refractivity contribution is 5.85. The third-order valence-electron chi connectivity index (χ3n) is 3.08. The summed E-state index contributed by atoms with van der Waals surface area (Å²) >= 11 is 0. The van der Waals surface area contributed by atoms with Crippen LogP contribution in [0.5, 0.6) is 5.75 Å². The molecule has 2 rings (SSSR count). The molecule has 4 nitrogen and oxygen atoms in total. The summed E-state index contributed by atoms with van der Waals surface area (Å²) < 4.78 is 5.55. The molecule has 5 heteroatoms. The predicted molar refractivity (Wildman–Crippen MR) is 72.9 cm³/mol. The Balaban J connectivity index is 0.00000162. The van der Waals surface area contributed by atoms with Gasteiger partial charge in [-0.2, -0.15) is 0 Å². The highest BCUT2D eigenvalue weighted by atomic mass is 35.5. The zero-order valence-corrected chi connectivity index (χ0v) is 11.2. The first-order chi connectivity index (χ1) is 8.22. The second kappa shape index (κ2) is 6.61. The van der Waals surface area contributed by atoms with Gasteiger partial charge in [0.15, 0.2) is 0 Å². The summed E-state index contributed by atoms with van der Waals surface area (Å²) in [5.74, 6) is 0.726. The topological polar surface area (TPSA) is 64.4 Å². The summed E-state index contributed by atoms with van der Waals surface area (Å²) in [4.78, 5) is 11.8. The van der Waals surface area contributed by atoms with Gasteiger partial charge >= 0.3 is 0 Å². The second-order valence-corrected chi connectivity index (χ2v) is 4.37. The third-order valence-corrected chi connectivity index (χ3v) is 3.08. The van der Waals surface area contributed by atoms with Crippen LogP contribution in [0.2, 0.25) is 0 Å². The van der Waals surface area contributed by atoms with Crippen LogP contribution in [0, 0.1) is 5.92 Å². The lowest BCUT2D eigenvalue weighted by Crippen LogP contribution is -2.37. The van der Waals surface area contributed by atoms with Crippen molar-refractivity contribution in [3.05, 3.63) is 29.8 Å². The first-order valence-electron chi connectivity index (χ1n) is 5.94. The molecule has 100 valence electrons. The molecular formula is C13H19ClN2O2. The Morgan fingerprint density at radius 1 is 1.56 bits per heavy atom. The summed E-state index contributed by atoms with van der Waals surface area (Å²) in [7, 11) is 0. The van der Waals surface area contributed by atoms with Crippen molar-refractivity contribution in [3.8, 4) is 5.75 Å². The number of nitrogens with two attached hydrogens (primary N) is 1. The fourth-order valence-corrected chi connectivity index (χ4v) is 1.91. The number of para-hydroxylation sites is 1. The third kappa shape index (κ3) is 3.15. The Morgan fingerprint density at radius 2 is 2.28 bits per heavy atom. The monoisotopic (exact) mass is 270 g/mol. The Kier molecular flexibility index (Phi) is 5.44. The van der Waals surface area contributed by atoms with E-state index in [1.54, 1.807) is 0 Å².